The number of carbonyl (C=O) groups excluding carboxylic acids is 1. The predicted molar refractivity (Wildman–Crippen MR) is 110 cm³/mol. The van der Waals surface area contributed by atoms with Gasteiger partial charge in [0, 0.05) is 21.9 Å². The first-order valence-corrected chi connectivity index (χ1v) is 12.0. The van der Waals surface area contributed by atoms with Gasteiger partial charge in [0.05, 0.1) is 31.1 Å². The lowest BCUT2D eigenvalue weighted by atomic mass is 10.2. The topological polar surface area (TPSA) is 76.0 Å². The van der Waals surface area contributed by atoms with Gasteiger partial charge in [-0.3, -0.25) is 4.79 Å². The van der Waals surface area contributed by atoms with E-state index in [-0.39, 0.29) is 35.1 Å². The van der Waals surface area contributed by atoms with Gasteiger partial charge in [-0.2, -0.15) is 4.99 Å². The van der Waals surface area contributed by atoms with Gasteiger partial charge in [0.1, 0.15) is 5.75 Å². The van der Waals surface area contributed by atoms with Gasteiger partial charge in [-0.05, 0) is 23.6 Å². The molecular weight excluding hydrogens is 404 g/mol. The molecule has 1 aromatic heterocycles. The third-order valence-electron chi connectivity index (χ3n) is 4.52. The molecule has 2 aliphatic heterocycles. The molecule has 3 heterocycles. The van der Waals surface area contributed by atoms with E-state index in [9.17, 15) is 13.2 Å². The number of benzene rings is 1. The number of ether oxygens (including phenoxy) is 1. The maximum Gasteiger partial charge on any atom is 0.253 e. The number of amidine groups is 1. The number of hydrogen-bond donors (Lipinski definition) is 0. The number of amides is 1. The lowest BCUT2D eigenvalue weighted by Crippen LogP contribution is -2.37. The number of fused-ring (bicyclic) bond motifs is 1. The van der Waals surface area contributed by atoms with Crippen molar-refractivity contribution in [2.75, 3.05) is 23.5 Å². The molecule has 6 nitrogen and oxygen atoms in total. The van der Waals surface area contributed by atoms with Gasteiger partial charge in [-0.15, -0.1) is 11.3 Å². The van der Waals surface area contributed by atoms with E-state index in [1.165, 1.54) is 23.1 Å². The zero-order valence-corrected chi connectivity index (χ0v) is 17.0. The standard InChI is InChI=1S/C18H18N2O4S3/c1-24-13-5-2-4-12(8-13)20-15-10-27(22,23)11-16(15)26-18(20)19-17(21)9-14-6-3-7-25-14/h2-8,15-16H,9-11H2,1H3. The van der Waals surface area contributed by atoms with E-state index in [2.05, 4.69) is 4.99 Å². The van der Waals surface area contributed by atoms with Crippen LogP contribution in [0.5, 0.6) is 5.75 Å². The molecule has 1 amide bonds. The molecule has 2 atom stereocenters. The summed E-state index contributed by atoms with van der Waals surface area (Å²) in [7, 11) is -1.50. The largest absolute Gasteiger partial charge is 0.497 e. The molecule has 2 aromatic rings. The summed E-state index contributed by atoms with van der Waals surface area (Å²) in [5.41, 5.74) is 0.786. The van der Waals surface area contributed by atoms with Crippen LogP contribution in [0.25, 0.3) is 0 Å². The highest BCUT2D eigenvalue weighted by Crippen LogP contribution is 2.41. The van der Waals surface area contributed by atoms with Crippen molar-refractivity contribution in [1.29, 1.82) is 0 Å². The Labute approximate surface area is 166 Å². The zero-order valence-electron chi connectivity index (χ0n) is 14.6. The van der Waals surface area contributed by atoms with Gasteiger partial charge in [-0.25, -0.2) is 8.42 Å². The molecule has 2 unspecified atom stereocenters. The van der Waals surface area contributed by atoms with Crippen LogP contribution < -0.4 is 9.64 Å². The van der Waals surface area contributed by atoms with Crippen LogP contribution >= 0.6 is 23.1 Å². The molecule has 142 valence electrons. The number of methoxy groups -OCH3 is 1. The molecule has 1 aromatic carbocycles. The summed E-state index contributed by atoms with van der Waals surface area (Å²) in [6.07, 6.45) is 0.251. The normalized spacial score (nSPS) is 24.9. The molecule has 9 heteroatoms. The molecule has 2 saturated heterocycles. The van der Waals surface area contributed by atoms with Crippen LogP contribution in [-0.4, -0.2) is 49.4 Å². The number of thiophene rings is 1. The van der Waals surface area contributed by atoms with E-state index in [0.717, 1.165) is 10.6 Å². The lowest BCUT2D eigenvalue weighted by molar-refractivity contribution is -0.117. The van der Waals surface area contributed by atoms with Gasteiger partial charge in [-0.1, -0.05) is 23.9 Å². The first-order chi connectivity index (χ1) is 12.9. The van der Waals surface area contributed by atoms with E-state index >= 15 is 0 Å². The third kappa shape index (κ3) is 3.90. The molecule has 0 saturated carbocycles. The summed E-state index contributed by atoms with van der Waals surface area (Å²) in [6, 6.07) is 11.0. The van der Waals surface area contributed by atoms with Crippen molar-refractivity contribution in [1.82, 2.24) is 0 Å². The van der Waals surface area contributed by atoms with Gasteiger partial charge in [0.2, 0.25) is 0 Å². The summed E-state index contributed by atoms with van der Waals surface area (Å²) in [5.74, 6) is 0.628. The Balaban J connectivity index is 1.67. The SMILES string of the molecule is COc1cccc(N2C(=NC(=O)Cc3cccs3)SC3CS(=O)(=O)CC32)c1. The number of carbonyl (C=O) groups is 1. The van der Waals surface area contributed by atoms with Crippen molar-refractivity contribution in [2.24, 2.45) is 4.99 Å². The Kier molecular flexibility index (Phi) is 5.00. The van der Waals surface area contributed by atoms with E-state index in [4.69, 9.17) is 4.74 Å². The highest BCUT2D eigenvalue weighted by atomic mass is 32.2. The maximum atomic E-state index is 12.4. The van der Waals surface area contributed by atoms with Crippen LogP contribution in [0.2, 0.25) is 0 Å². The molecule has 0 bridgehead atoms. The van der Waals surface area contributed by atoms with Gasteiger partial charge in [0.25, 0.3) is 5.91 Å². The number of anilines is 1. The number of sulfone groups is 1. The summed E-state index contributed by atoms with van der Waals surface area (Å²) >= 11 is 2.90. The highest BCUT2D eigenvalue weighted by molar-refractivity contribution is 8.16. The fourth-order valence-corrected chi connectivity index (χ4v) is 7.96. The van der Waals surface area contributed by atoms with Crippen LogP contribution in [0.3, 0.4) is 0 Å². The Morgan fingerprint density at radius 2 is 2.15 bits per heavy atom. The van der Waals surface area contributed by atoms with Crippen LogP contribution in [0.15, 0.2) is 46.8 Å². The Bertz CT molecular complexity index is 986. The molecule has 0 N–H and O–H groups in total. The summed E-state index contributed by atoms with van der Waals surface area (Å²) in [6.45, 7) is 0. The minimum absolute atomic E-state index is 0.0695. The number of thioether (sulfide) groups is 1. The van der Waals surface area contributed by atoms with Crippen LogP contribution in [-0.2, 0) is 21.1 Å². The zero-order chi connectivity index (χ0) is 19.0. The second kappa shape index (κ2) is 7.29. The van der Waals surface area contributed by atoms with Crippen LogP contribution in [0.1, 0.15) is 4.88 Å². The van der Waals surface area contributed by atoms with Crippen molar-refractivity contribution in [2.45, 2.75) is 17.7 Å². The minimum Gasteiger partial charge on any atom is -0.497 e. The molecule has 4 rings (SSSR count). The fourth-order valence-electron chi connectivity index (χ4n) is 3.34. The van der Waals surface area contributed by atoms with E-state index < -0.39 is 9.84 Å². The number of nitrogens with zero attached hydrogens (tertiary/aromatic N) is 2. The summed E-state index contributed by atoms with van der Waals surface area (Å²) < 4.78 is 29.5. The summed E-state index contributed by atoms with van der Waals surface area (Å²) in [5, 5.41) is 2.38. The lowest BCUT2D eigenvalue weighted by Gasteiger charge is -2.24. The van der Waals surface area contributed by atoms with E-state index in [0.29, 0.717) is 10.9 Å². The average molecular weight is 423 g/mol. The maximum absolute atomic E-state index is 12.4. The minimum atomic E-state index is -3.09. The van der Waals surface area contributed by atoms with Crippen LogP contribution in [0, 0.1) is 0 Å². The second-order valence-corrected chi connectivity index (χ2v) is 10.8. The molecular formula is C18H18N2O4S3. The monoisotopic (exact) mass is 422 g/mol. The highest BCUT2D eigenvalue weighted by Gasteiger charge is 2.49. The first-order valence-electron chi connectivity index (χ1n) is 8.39. The van der Waals surface area contributed by atoms with Gasteiger partial charge >= 0.3 is 0 Å². The molecule has 27 heavy (non-hydrogen) atoms. The second-order valence-electron chi connectivity index (χ2n) is 6.42. The Hall–Kier alpha value is -1.84. The van der Waals surface area contributed by atoms with Gasteiger partial charge in [0.15, 0.2) is 15.0 Å². The van der Waals surface area contributed by atoms with Crippen molar-refractivity contribution >= 4 is 49.7 Å². The molecule has 2 aliphatic rings. The van der Waals surface area contributed by atoms with E-state index in [1.807, 2.05) is 46.7 Å². The third-order valence-corrected chi connectivity index (χ3v) is 8.61. The molecule has 0 radical (unpaired) electrons. The van der Waals surface area contributed by atoms with E-state index in [1.54, 1.807) is 7.11 Å². The Morgan fingerprint density at radius 1 is 1.30 bits per heavy atom. The number of hydrogen-bond acceptors (Lipinski definition) is 6. The molecule has 0 aliphatic carbocycles. The van der Waals surface area contributed by atoms with Crippen molar-refractivity contribution in [3.05, 3.63) is 46.7 Å². The molecule has 2 fully saturated rings. The number of aliphatic imine (C=N–C) groups is 1. The summed E-state index contributed by atoms with van der Waals surface area (Å²) in [4.78, 5) is 19.6. The van der Waals surface area contributed by atoms with Gasteiger partial charge < -0.3 is 9.64 Å². The Morgan fingerprint density at radius 3 is 2.89 bits per heavy atom. The van der Waals surface area contributed by atoms with Crippen molar-refractivity contribution < 1.29 is 17.9 Å². The van der Waals surface area contributed by atoms with Crippen molar-refractivity contribution in [3.8, 4) is 5.75 Å². The van der Waals surface area contributed by atoms with Crippen molar-refractivity contribution in [3.63, 3.8) is 0 Å². The quantitative estimate of drug-likeness (QED) is 0.754. The fraction of sp³-hybridized carbons (Fsp3) is 0.333. The number of rotatable bonds is 4. The van der Waals surface area contributed by atoms with Crippen LogP contribution in [0.4, 0.5) is 5.69 Å². The first kappa shape index (κ1) is 18.5. The smallest absolute Gasteiger partial charge is 0.253 e. The molecule has 0 spiro atoms. The average Bonchev–Trinajstić information content (AvgIpc) is 3.29. The predicted octanol–water partition coefficient (Wildman–Crippen LogP) is 2.60.